The number of ketones is 1. The SMILES string of the molecule is COc1ccc(C=CC(=O)c2ccc(Cl)c(Cl)c2)cc1C. The third-order valence-electron chi connectivity index (χ3n) is 3.05. The zero-order valence-corrected chi connectivity index (χ0v) is 13.2. The molecule has 0 unspecified atom stereocenters. The Balaban J connectivity index is 2.18. The maximum absolute atomic E-state index is 12.1. The summed E-state index contributed by atoms with van der Waals surface area (Å²) in [5, 5.41) is 0.805. The van der Waals surface area contributed by atoms with Crippen molar-refractivity contribution in [3.05, 3.63) is 69.2 Å². The van der Waals surface area contributed by atoms with Crippen molar-refractivity contribution in [3.8, 4) is 5.75 Å². The van der Waals surface area contributed by atoms with Crippen molar-refractivity contribution in [1.29, 1.82) is 0 Å². The van der Waals surface area contributed by atoms with Crippen molar-refractivity contribution in [2.24, 2.45) is 0 Å². The van der Waals surface area contributed by atoms with Crippen molar-refractivity contribution in [1.82, 2.24) is 0 Å². The van der Waals surface area contributed by atoms with Crippen molar-refractivity contribution in [3.63, 3.8) is 0 Å². The number of hydrogen-bond acceptors (Lipinski definition) is 2. The van der Waals surface area contributed by atoms with Gasteiger partial charge in [0.15, 0.2) is 5.78 Å². The average Bonchev–Trinajstić information content (AvgIpc) is 2.47. The zero-order valence-electron chi connectivity index (χ0n) is 11.7. The predicted octanol–water partition coefficient (Wildman–Crippen LogP) is 5.21. The van der Waals surface area contributed by atoms with E-state index >= 15 is 0 Å². The van der Waals surface area contributed by atoms with Crippen molar-refractivity contribution < 1.29 is 9.53 Å². The van der Waals surface area contributed by atoms with Crippen LogP contribution < -0.4 is 4.74 Å². The molecule has 0 atom stereocenters. The molecule has 0 heterocycles. The lowest BCUT2D eigenvalue weighted by Crippen LogP contribution is -1.94. The summed E-state index contributed by atoms with van der Waals surface area (Å²) in [6, 6.07) is 10.6. The fourth-order valence-electron chi connectivity index (χ4n) is 1.92. The van der Waals surface area contributed by atoms with Gasteiger partial charge in [0, 0.05) is 5.56 Å². The van der Waals surface area contributed by atoms with Gasteiger partial charge in [-0.1, -0.05) is 35.3 Å². The highest BCUT2D eigenvalue weighted by Gasteiger charge is 2.05. The summed E-state index contributed by atoms with van der Waals surface area (Å²) >= 11 is 11.7. The Morgan fingerprint density at radius 2 is 1.86 bits per heavy atom. The van der Waals surface area contributed by atoms with Crippen LogP contribution in [0.4, 0.5) is 0 Å². The van der Waals surface area contributed by atoms with Crippen LogP contribution in [0.3, 0.4) is 0 Å². The van der Waals surface area contributed by atoms with Gasteiger partial charge in [-0.05, 0) is 54.5 Å². The van der Waals surface area contributed by atoms with Crippen LogP contribution in [0.1, 0.15) is 21.5 Å². The fraction of sp³-hybridized carbons (Fsp3) is 0.118. The largest absolute Gasteiger partial charge is 0.496 e. The summed E-state index contributed by atoms with van der Waals surface area (Å²) < 4.78 is 5.20. The number of methoxy groups -OCH3 is 1. The lowest BCUT2D eigenvalue weighted by Gasteiger charge is -2.04. The summed E-state index contributed by atoms with van der Waals surface area (Å²) in [5.74, 6) is 0.699. The third-order valence-corrected chi connectivity index (χ3v) is 3.79. The molecule has 0 bridgehead atoms. The van der Waals surface area contributed by atoms with E-state index in [9.17, 15) is 4.79 Å². The second-order valence-electron chi connectivity index (χ2n) is 4.56. The summed E-state index contributed by atoms with van der Waals surface area (Å²) in [6.45, 7) is 1.96. The number of allylic oxidation sites excluding steroid dienone is 1. The topological polar surface area (TPSA) is 26.3 Å². The van der Waals surface area contributed by atoms with E-state index in [2.05, 4.69) is 0 Å². The summed E-state index contributed by atoms with van der Waals surface area (Å²) in [6.07, 6.45) is 3.28. The minimum atomic E-state index is -0.123. The number of rotatable bonds is 4. The Morgan fingerprint density at radius 1 is 1.10 bits per heavy atom. The second-order valence-corrected chi connectivity index (χ2v) is 5.37. The van der Waals surface area contributed by atoms with Gasteiger partial charge in [-0.25, -0.2) is 0 Å². The van der Waals surface area contributed by atoms with E-state index in [0.29, 0.717) is 15.6 Å². The van der Waals surface area contributed by atoms with E-state index in [1.54, 1.807) is 31.4 Å². The molecule has 2 nitrogen and oxygen atoms in total. The zero-order chi connectivity index (χ0) is 15.4. The van der Waals surface area contributed by atoms with E-state index in [0.717, 1.165) is 16.9 Å². The van der Waals surface area contributed by atoms with Gasteiger partial charge in [-0.3, -0.25) is 4.79 Å². The van der Waals surface area contributed by atoms with Crippen LogP contribution in [0.2, 0.25) is 10.0 Å². The van der Waals surface area contributed by atoms with Gasteiger partial charge < -0.3 is 4.74 Å². The van der Waals surface area contributed by atoms with Gasteiger partial charge in [-0.2, -0.15) is 0 Å². The number of hydrogen-bond donors (Lipinski definition) is 0. The highest BCUT2D eigenvalue weighted by atomic mass is 35.5. The molecule has 2 aromatic rings. The minimum Gasteiger partial charge on any atom is -0.496 e. The third kappa shape index (κ3) is 3.87. The Kier molecular flexibility index (Phi) is 5.05. The Labute approximate surface area is 134 Å². The van der Waals surface area contributed by atoms with Crippen LogP contribution in [0.15, 0.2) is 42.5 Å². The number of carbonyl (C=O) groups excluding carboxylic acids is 1. The van der Waals surface area contributed by atoms with E-state index < -0.39 is 0 Å². The van der Waals surface area contributed by atoms with Crippen molar-refractivity contribution in [2.75, 3.05) is 7.11 Å². The molecule has 0 saturated heterocycles. The normalized spacial score (nSPS) is 10.9. The second kappa shape index (κ2) is 6.79. The highest BCUT2D eigenvalue weighted by Crippen LogP contribution is 2.23. The number of halogens is 2. The van der Waals surface area contributed by atoms with Gasteiger partial charge in [-0.15, -0.1) is 0 Å². The molecule has 0 spiro atoms. The maximum Gasteiger partial charge on any atom is 0.185 e. The van der Waals surface area contributed by atoms with Gasteiger partial charge in [0.05, 0.1) is 17.2 Å². The molecule has 108 valence electrons. The molecule has 4 heteroatoms. The molecule has 0 aromatic heterocycles. The van der Waals surface area contributed by atoms with E-state index in [1.165, 1.54) is 6.08 Å². The van der Waals surface area contributed by atoms with Crippen LogP contribution in [0, 0.1) is 6.92 Å². The fourth-order valence-corrected chi connectivity index (χ4v) is 2.22. The van der Waals surface area contributed by atoms with Crippen LogP contribution in [0.25, 0.3) is 6.08 Å². The van der Waals surface area contributed by atoms with Gasteiger partial charge in [0.2, 0.25) is 0 Å². The Hall–Kier alpha value is -1.77. The van der Waals surface area contributed by atoms with Crippen molar-refractivity contribution in [2.45, 2.75) is 6.92 Å². The molecule has 2 aromatic carbocycles. The lowest BCUT2D eigenvalue weighted by atomic mass is 10.1. The molecule has 2 rings (SSSR count). The maximum atomic E-state index is 12.1. The first kappa shape index (κ1) is 15.6. The van der Waals surface area contributed by atoms with E-state index in [-0.39, 0.29) is 5.78 Å². The monoisotopic (exact) mass is 320 g/mol. The standard InChI is InChI=1S/C17H14Cl2O2/c1-11-9-12(4-8-17(11)21-2)3-7-16(20)13-5-6-14(18)15(19)10-13/h3-10H,1-2H3. The first-order chi connectivity index (χ1) is 10.0. The Morgan fingerprint density at radius 3 is 2.48 bits per heavy atom. The molecule has 0 fully saturated rings. The molecular weight excluding hydrogens is 307 g/mol. The number of ether oxygens (including phenoxy) is 1. The predicted molar refractivity (Wildman–Crippen MR) is 87.6 cm³/mol. The van der Waals surface area contributed by atoms with Crippen LogP contribution in [0.5, 0.6) is 5.75 Å². The molecular formula is C17H14Cl2O2. The van der Waals surface area contributed by atoms with Crippen LogP contribution >= 0.6 is 23.2 Å². The van der Waals surface area contributed by atoms with E-state index in [4.69, 9.17) is 27.9 Å². The molecule has 0 aliphatic heterocycles. The summed E-state index contributed by atoms with van der Waals surface area (Å²) in [7, 11) is 1.63. The van der Waals surface area contributed by atoms with Gasteiger partial charge >= 0.3 is 0 Å². The number of carbonyl (C=O) groups is 1. The van der Waals surface area contributed by atoms with Gasteiger partial charge in [0.1, 0.15) is 5.75 Å². The molecule has 21 heavy (non-hydrogen) atoms. The number of aryl methyl sites for hydroxylation is 1. The van der Waals surface area contributed by atoms with Crippen molar-refractivity contribution >= 4 is 35.1 Å². The minimum absolute atomic E-state index is 0.123. The Bertz CT molecular complexity index is 706. The molecule has 0 amide bonds. The molecule has 0 aliphatic rings. The lowest BCUT2D eigenvalue weighted by molar-refractivity contribution is 0.104. The average molecular weight is 321 g/mol. The van der Waals surface area contributed by atoms with Crippen LogP contribution in [-0.4, -0.2) is 12.9 Å². The quantitative estimate of drug-likeness (QED) is 0.571. The molecule has 0 aliphatic carbocycles. The molecule has 0 N–H and O–H groups in total. The smallest absolute Gasteiger partial charge is 0.185 e. The number of benzene rings is 2. The highest BCUT2D eigenvalue weighted by molar-refractivity contribution is 6.42. The first-order valence-corrected chi connectivity index (χ1v) is 7.09. The molecule has 0 saturated carbocycles. The summed E-state index contributed by atoms with van der Waals surface area (Å²) in [4.78, 5) is 12.1. The van der Waals surface area contributed by atoms with Gasteiger partial charge in [0.25, 0.3) is 0 Å². The first-order valence-electron chi connectivity index (χ1n) is 6.33. The van der Waals surface area contributed by atoms with E-state index in [1.807, 2.05) is 25.1 Å². The molecule has 0 radical (unpaired) electrons. The van der Waals surface area contributed by atoms with Crippen LogP contribution in [-0.2, 0) is 0 Å². The summed E-state index contributed by atoms with van der Waals surface area (Å²) in [5.41, 5.74) is 2.45.